The smallest absolute Gasteiger partial charge is 0.238 e. The summed E-state index contributed by atoms with van der Waals surface area (Å²) in [6.07, 6.45) is 3.39. The van der Waals surface area contributed by atoms with Crippen LogP contribution in [-0.2, 0) is 9.53 Å². The molecule has 1 saturated heterocycles. The standard InChI is InChI=1S/C12H17N3O2/c1-10-2-3-13-8-11(10)14-12(16)9-15-4-6-17-7-5-15/h2-3,8H,4-7,9H2,1H3,(H,14,16). The van der Waals surface area contributed by atoms with Crippen LogP contribution in [0.5, 0.6) is 0 Å². The van der Waals surface area contributed by atoms with Crippen molar-refractivity contribution in [1.82, 2.24) is 9.88 Å². The van der Waals surface area contributed by atoms with Crippen molar-refractivity contribution in [2.75, 3.05) is 38.2 Å². The summed E-state index contributed by atoms with van der Waals surface area (Å²) in [5.74, 6) is 0.00278. The van der Waals surface area contributed by atoms with Gasteiger partial charge in [-0.1, -0.05) is 0 Å². The van der Waals surface area contributed by atoms with E-state index in [-0.39, 0.29) is 5.91 Å². The van der Waals surface area contributed by atoms with Gasteiger partial charge in [0.05, 0.1) is 31.6 Å². The molecule has 1 N–H and O–H groups in total. The summed E-state index contributed by atoms with van der Waals surface area (Å²) in [4.78, 5) is 17.9. The topological polar surface area (TPSA) is 54.5 Å². The van der Waals surface area contributed by atoms with Crippen LogP contribution in [0.1, 0.15) is 5.56 Å². The molecule has 1 aromatic heterocycles. The average Bonchev–Trinajstić information content (AvgIpc) is 2.33. The second-order valence-electron chi connectivity index (χ2n) is 4.13. The molecule has 1 amide bonds. The molecule has 92 valence electrons. The SMILES string of the molecule is Cc1ccncc1NC(=O)CN1CCOCC1. The maximum absolute atomic E-state index is 11.8. The molecule has 1 aromatic rings. The lowest BCUT2D eigenvalue weighted by Gasteiger charge is -2.25. The Hall–Kier alpha value is -1.46. The Morgan fingerprint density at radius 3 is 3.00 bits per heavy atom. The van der Waals surface area contributed by atoms with Crippen LogP contribution in [0.15, 0.2) is 18.5 Å². The number of nitrogens with zero attached hydrogens (tertiary/aromatic N) is 2. The fourth-order valence-electron chi connectivity index (χ4n) is 1.75. The predicted molar refractivity (Wildman–Crippen MR) is 64.9 cm³/mol. The van der Waals surface area contributed by atoms with Crippen LogP contribution >= 0.6 is 0 Å². The van der Waals surface area contributed by atoms with Crippen LogP contribution in [0.25, 0.3) is 0 Å². The number of hydrogen-bond donors (Lipinski definition) is 1. The quantitative estimate of drug-likeness (QED) is 0.836. The Morgan fingerprint density at radius 1 is 1.53 bits per heavy atom. The van der Waals surface area contributed by atoms with Crippen molar-refractivity contribution in [1.29, 1.82) is 0 Å². The van der Waals surface area contributed by atoms with Gasteiger partial charge in [0.25, 0.3) is 0 Å². The molecular formula is C12H17N3O2. The van der Waals surface area contributed by atoms with Gasteiger partial charge in [-0.05, 0) is 18.6 Å². The Balaban J connectivity index is 1.86. The predicted octanol–water partition coefficient (Wildman–Crippen LogP) is 0.661. The molecule has 0 bridgehead atoms. The summed E-state index contributed by atoms with van der Waals surface area (Å²) in [6.45, 7) is 5.42. The summed E-state index contributed by atoms with van der Waals surface area (Å²) in [6, 6.07) is 1.88. The highest BCUT2D eigenvalue weighted by molar-refractivity contribution is 5.92. The van der Waals surface area contributed by atoms with Crippen molar-refractivity contribution < 1.29 is 9.53 Å². The van der Waals surface area contributed by atoms with Gasteiger partial charge < -0.3 is 10.1 Å². The van der Waals surface area contributed by atoms with Crippen LogP contribution in [0, 0.1) is 6.92 Å². The summed E-state index contributed by atoms with van der Waals surface area (Å²) >= 11 is 0. The van der Waals surface area contributed by atoms with E-state index in [0.29, 0.717) is 19.8 Å². The van der Waals surface area contributed by atoms with E-state index in [1.807, 2.05) is 13.0 Å². The third kappa shape index (κ3) is 3.51. The number of hydrogen-bond acceptors (Lipinski definition) is 4. The molecule has 2 heterocycles. The van der Waals surface area contributed by atoms with E-state index in [1.54, 1.807) is 12.4 Å². The lowest BCUT2D eigenvalue weighted by Crippen LogP contribution is -2.41. The molecule has 0 spiro atoms. The number of nitrogens with one attached hydrogen (secondary N) is 1. The van der Waals surface area contributed by atoms with Gasteiger partial charge in [-0.3, -0.25) is 14.7 Å². The normalized spacial score (nSPS) is 16.8. The lowest BCUT2D eigenvalue weighted by molar-refractivity contribution is -0.118. The van der Waals surface area contributed by atoms with Gasteiger partial charge in [-0.15, -0.1) is 0 Å². The molecule has 1 aliphatic rings. The average molecular weight is 235 g/mol. The largest absolute Gasteiger partial charge is 0.379 e. The molecular weight excluding hydrogens is 218 g/mol. The Kier molecular flexibility index (Phi) is 4.06. The number of anilines is 1. The van der Waals surface area contributed by atoms with Crippen molar-refractivity contribution in [2.24, 2.45) is 0 Å². The van der Waals surface area contributed by atoms with E-state index in [9.17, 15) is 4.79 Å². The van der Waals surface area contributed by atoms with E-state index < -0.39 is 0 Å². The number of carbonyl (C=O) groups excluding carboxylic acids is 1. The minimum atomic E-state index is 0.00278. The first-order chi connectivity index (χ1) is 8.25. The van der Waals surface area contributed by atoms with Gasteiger partial charge in [0.2, 0.25) is 5.91 Å². The Morgan fingerprint density at radius 2 is 2.29 bits per heavy atom. The highest BCUT2D eigenvalue weighted by Gasteiger charge is 2.14. The minimum Gasteiger partial charge on any atom is -0.379 e. The fraction of sp³-hybridized carbons (Fsp3) is 0.500. The lowest BCUT2D eigenvalue weighted by atomic mass is 10.2. The number of morpholine rings is 1. The van der Waals surface area contributed by atoms with E-state index >= 15 is 0 Å². The zero-order chi connectivity index (χ0) is 12.1. The number of ether oxygens (including phenoxy) is 1. The number of carbonyl (C=O) groups is 1. The van der Waals surface area contributed by atoms with Gasteiger partial charge >= 0.3 is 0 Å². The van der Waals surface area contributed by atoms with Crippen LogP contribution < -0.4 is 5.32 Å². The van der Waals surface area contributed by atoms with Crippen molar-refractivity contribution in [3.05, 3.63) is 24.0 Å². The number of pyridine rings is 1. The van der Waals surface area contributed by atoms with Gasteiger partial charge in [0.15, 0.2) is 0 Å². The zero-order valence-corrected chi connectivity index (χ0v) is 9.98. The third-order valence-corrected chi connectivity index (χ3v) is 2.78. The van der Waals surface area contributed by atoms with Crippen LogP contribution in [0.3, 0.4) is 0 Å². The maximum atomic E-state index is 11.8. The maximum Gasteiger partial charge on any atom is 0.238 e. The third-order valence-electron chi connectivity index (χ3n) is 2.78. The van der Waals surface area contributed by atoms with Gasteiger partial charge in [-0.25, -0.2) is 0 Å². The highest BCUT2D eigenvalue weighted by Crippen LogP contribution is 2.11. The molecule has 0 atom stereocenters. The number of aromatic nitrogens is 1. The molecule has 0 unspecified atom stereocenters. The number of aryl methyl sites for hydroxylation is 1. The Labute approximate surface area is 101 Å². The molecule has 1 aliphatic heterocycles. The highest BCUT2D eigenvalue weighted by atomic mass is 16.5. The number of amides is 1. The van der Waals surface area contributed by atoms with E-state index in [1.165, 1.54) is 0 Å². The molecule has 0 radical (unpaired) electrons. The molecule has 0 aromatic carbocycles. The summed E-state index contributed by atoms with van der Waals surface area (Å²) in [5.41, 5.74) is 1.81. The first kappa shape index (κ1) is 12.0. The van der Waals surface area contributed by atoms with Crippen molar-refractivity contribution in [3.63, 3.8) is 0 Å². The minimum absolute atomic E-state index is 0.00278. The molecule has 5 heteroatoms. The molecule has 5 nitrogen and oxygen atoms in total. The molecule has 0 saturated carbocycles. The monoisotopic (exact) mass is 235 g/mol. The first-order valence-corrected chi connectivity index (χ1v) is 5.76. The Bertz CT molecular complexity index is 389. The number of rotatable bonds is 3. The fourth-order valence-corrected chi connectivity index (χ4v) is 1.75. The summed E-state index contributed by atoms with van der Waals surface area (Å²) in [7, 11) is 0. The van der Waals surface area contributed by atoms with Crippen LogP contribution in [-0.4, -0.2) is 48.6 Å². The molecule has 1 fully saturated rings. The second-order valence-corrected chi connectivity index (χ2v) is 4.13. The zero-order valence-electron chi connectivity index (χ0n) is 9.98. The van der Waals surface area contributed by atoms with Crippen molar-refractivity contribution in [3.8, 4) is 0 Å². The van der Waals surface area contributed by atoms with Crippen molar-refractivity contribution >= 4 is 11.6 Å². The summed E-state index contributed by atoms with van der Waals surface area (Å²) in [5, 5.41) is 2.87. The second kappa shape index (κ2) is 5.75. The van der Waals surface area contributed by atoms with E-state index in [2.05, 4.69) is 15.2 Å². The van der Waals surface area contributed by atoms with Gasteiger partial charge in [0.1, 0.15) is 0 Å². The van der Waals surface area contributed by atoms with Gasteiger partial charge in [-0.2, -0.15) is 0 Å². The molecule has 2 rings (SSSR count). The molecule has 17 heavy (non-hydrogen) atoms. The van der Waals surface area contributed by atoms with Gasteiger partial charge in [0, 0.05) is 19.3 Å². The molecule has 0 aliphatic carbocycles. The first-order valence-electron chi connectivity index (χ1n) is 5.76. The van der Waals surface area contributed by atoms with Crippen LogP contribution in [0.4, 0.5) is 5.69 Å². The van der Waals surface area contributed by atoms with E-state index in [0.717, 1.165) is 24.3 Å². The summed E-state index contributed by atoms with van der Waals surface area (Å²) < 4.78 is 5.24. The van der Waals surface area contributed by atoms with E-state index in [4.69, 9.17) is 4.74 Å². The van der Waals surface area contributed by atoms with Crippen LogP contribution in [0.2, 0.25) is 0 Å². The van der Waals surface area contributed by atoms with Crippen molar-refractivity contribution in [2.45, 2.75) is 6.92 Å².